The van der Waals surface area contributed by atoms with Gasteiger partial charge in [-0.1, -0.05) is 0 Å². The molecule has 0 spiro atoms. The molecule has 0 aliphatic carbocycles. The van der Waals surface area contributed by atoms with Gasteiger partial charge in [-0.3, -0.25) is 0 Å². The monoisotopic (exact) mass is 753 g/mol. The molecule has 0 unspecified atom stereocenters. The Morgan fingerprint density at radius 3 is 0.256 bits per heavy atom. The van der Waals surface area contributed by atoms with Gasteiger partial charge in [-0.15, -0.1) is 21.0 Å². The maximum absolute atomic E-state index is 9.75. The molecule has 0 aromatic heterocycles. The largest absolute Gasteiger partial charge is 2.00 e. The third-order valence-corrected chi connectivity index (χ3v) is 0. The van der Waals surface area contributed by atoms with Gasteiger partial charge >= 0.3 is 60.6 Å². The number of hydrogen-bond donors (Lipinski definition) is 4. The van der Waals surface area contributed by atoms with E-state index in [4.69, 9.17) is 21.0 Å². The smallest absolute Gasteiger partial charge is 0.418 e. The molecule has 0 amide bonds. The second-order valence-electron chi connectivity index (χ2n) is 3.97. The van der Waals surface area contributed by atoms with Gasteiger partial charge in [-0.25, -0.2) is 0 Å². The molecule has 35 heteroatoms. The van der Waals surface area contributed by atoms with Crippen LogP contribution in [0.15, 0.2) is 0 Å². The molecule has 0 aliphatic rings. The number of hydrogen-bond acceptors (Lipinski definition) is 0. The standard InChI is InChI=1S/4C2H3N.6BF4.Cu/c4*1-2-3;6*2-1(3,4)5;/h4*1H3;;;;;;;/q;;;;6*-1;+2/p+4. The fraction of sp³-hybridized carbons (Fsp3) is 0.500. The quantitative estimate of drug-likeness (QED) is 0.217. The van der Waals surface area contributed by atoms with Crippen molar-refractivity contribution >= 4 is 43.5 Å². The molecule has 0 saturated heterocycles. The van der Waals surface area contributed by atoms with Crippen molar-refractivity contribution in [3.8, 4) is 24.3 Å². The summed E-state index contributed by atoms with van der Waals surface area (Å²) in [5.74, 6) is 0. The molecule has 0 aliphatic heterocycles. The first-order valence-electron chi connectivity index (χ1n) is 8.24. The minimum absolute atomic E-state index is 0. The summed E-state index contributed by atoms with van der Waals surface area (Å²) in [6.07, 6.45) is 0. The van der Waals surface area contributed by atoms with Crippen LogP contribution in [0.4, 0.5) is 104 Å². The van der Waals surface area contributed by atoms with Gasteiger partial charge < -0.3 is 104 Å². The van der Waals surface area contributed by atoms with E-state index in [9.17, 15) is 104 Å². The van der Waals surface area contributed by atoms with Crippen molar-refractivity contribution in [2.75, 3.05) is 0 Å². The molecular formula is C8H16B6CuF24N4. The second kappa shape index (κ2) is 41.3. The average Bonchev–Trinajstić information content (AvgIpc) is 2.47. The van der Waals surface area contributed by atoms with E-state index in [1.165, 1.54) is 0 Å². The van der Waals surface area contributed by atoms with Crippen molar-refractivity contribution < 1.29 is 142 Å². The van der Waals surface area contributed by atoms with Crippen molar-refractivity contribution in [1.82, 2.24) is 0 Å². The predicted octanol–water partition coefficient (Wildman–Crippen LogP) is 2.91. The molecule has 0 aromatic carbocycles. The Hall–Kier alpha value is -2.81. The molecule has 0 saturated carbocycles. The van der Waals surface area contributed by atoms with Crippen LogP contribution in [0.5, 0.6) is 0 Å². The van der Waals surface area contributed by atoms with Crippen LogP contribution in [0.25, 0.3) is 0 Å². The molecule has 4 N–H and O–H groups in total. The van der Waals surface area contributed by atoms with Crippen LogP contribution in [-0.2, 0) is 17.1 Å². The average molecular weight is 753 g/mol. The van der Waals surface area contributed by atoms with Gasteiger partial charge in [-0.05, 0) is 0 Å². The summed E-state index contributed by atoms with van der Waals surface area (Å²) in [5.41, 5.74) is 0. The van der Waals surface area contributed by atoms with Gasteiger partial charge in [0.05, 0.1) is 27.7 Å². The van der Waals surface area contributed by atoms with Crippen LogP contribution < -0.4 is 21.0 Å². The maximum atomic E-state index is 9.75. The molecule has 0 rings (SSSR count). The fourth-order valence-electron chi connectivity index (χ4n) is 0. The Morgan fingerprint density at radius 2 is 0.256 bits per heavy atom. The van der Waals surface area contributed by atoms with Gasteiger partial charge in [0.1, 0.15) is 0 Å². The first kappa shape index (κ1) is 72.4. The molecule has 1 radical (unpaired) electrons. The van der Waals surface area contributed by atoms with Crippen LogP contribution >= 0.6 is 0 Å². The van der Waals surface area contributed by atoms with E-state index < -0.39 is 43.5 Å². The summed E-state index contributed by atoms with van der Waals surface area (Å²) in [7, 11) is -36.0. The first-order valence-corrected chi connectivity index (χ1v) is 8.24. The van der Waals surface area contributed by atoms with Crippen molar-refractivity contribution in [1.29, 1.82) is 0 Å². The number of halogens is 24. The summed E-state index contributed by atoms with van der Waals surface area (Å²) in [5, 5.41) is 23.8. The zero-order valence-electron chi connectivity index (χ0n) is 20.8. The third-order valence-electron chi connectivity index (χ3n) is 0. The zero-order chi connectivity index (χ0) is 37.8. The van der Waals surface area contributed by atoms with E-state index in [2.05, 4.69) is 0 Å². The van der Waals surface area contributed by atoms with Crippen molar-refractivity contribution in [3.05, 3.63) is 0 Å². The van der Waals surface area contributed by atoms with Gasteiger partial charge in [0, 0.05) is 0 Å². The summed E-state index contributed by atoms with van der Waals surface area (Å²) in [6, 6.07) is 8.00. The topological polar surface area (TPSA) is 95.2 Å². The molecule has 265 valence electrons. The first-order chi connectivity index (χ1) is 17.7. The van der Waals surface area contributed by atoms with Crippen LogP contribution in [-0.4, -0.2) is 43.5 Å². The molecule has 0 fully saturated rings. The molecule has 0 aromatic rings. The second-order valence-corrected chi connectivity index (χ2v) is 3.97. The van der Waals surface area contributed by atoms with Gasteiger partial charge in [0.15, 0.2) is 0 Å². The normalized spacial score (nSPS) is 9.12. The van der Waals surface area contributed by atoms with Crippen molar-refractivity contribution in [3.63, 3.8) is 0 Å². The molecule has 4 nitrogen and oxygen atoms in total. The van der Waals surface area contributed by atoms with E-state index >= 15 is 0 Å². The Bertz CT molecular complexity index is 512. The molecule has 0 heterocycles. The van der Waals surface area contributed by atoms with Crippen LogP contribution in [0.3, 0.4) is 0 Å². The third kappa shape index (κ3) is 6860. The van der Waals surface area contributed by atoms with Crippen LogP contribution in [0.1, 0.15) is 27.7 Å². The van der Waals surface area contributed by atoms with E-state index in [0.29, 0.717) is 0 Å². The van der Waals surface area contributed by atoms with Gasteiger partial charge in [-0.2, -0.15) is 0 Å². The Labute approximate surface area is 238 Å². The predicted molar refractivity (Wildman–Crippen MR) is 103 cm³/mol. The van der Waals surface area contributed by atoms with Gasteiger partial charge in [0.2, 0.25) is 0 Å². The summed E-state index contributed by atoms with van der Waals surface area (Å²) < 4.78 is 234. The molecule has 0 bridgehead atoms. The summed E-state index contributed by atoms with van der Waals surface area (Å²) >= 11 is 0. The molecule has 43 heavy (non-hydrogen) atoms. The Balaban J connectivity index is -0.0000000296. The van der Waals surface area contributed by atoms with E-state index in [0.717, 1.165) is 0 Å². The van der Waals surface area contributed by atoms with Gasteiger partial charge in [0.25, 0.3) is 24.3 Å². The summed E-state index contributed by atoms with van der Waals surface area (Å²) in [4.78, 5) is 0. The van der Waals surface area contributed by atoms with Crippen molar-refractivity contribution in [2.45, 2.75) is 27.7 Å². The van der Waals surface area contributed by atoms with Crippen LogP contribution in [0, 0.1) is 24.3 Å². The Morgan fingerprint density at radius 1 is 0.256 bits per heavy atom. The SMILES string of the molecule is CC#[NH+].CC#[NH+].CC#[NH+].CC#[NH+].F[B-](F)(F)F.F[B-](F)(F)F.F[B-](F)(F)F.F[B-](F)(F)F.F[B-](F)(F)F.F[B-](F)(F)F.[Cu+2]. The zero-order valence-corrected chi connectivity index (χ0v) is 21.8. The Kier molecular flexibility index (Phi) is 69.6. The minimum atomic E-state index is -6.00. The van der Waals surface area contributed by atoms with Crippen LogP contribution in [0.2, 0.25) is 0 Å². The molecule has 0 atom stereocenters. The van der Waals surface area contributed by atoms with Crippen molar-refractivity contribution in [2.24, 2.45) is 0 Å². The summed E-state index contributed by atoms with van der Waals surface area (Å²) in [6.45, 7) is 6.17. The number of nitrogens with one attached hydrogen (secondary N) is 4. The minimum Gasteiger partial charge on any atom is -0.418 e. The molecular weight excluding hydrogens is 736 g/mol. The van der Waals surface area contributed by atoms with E-state index in [-0.39, 0.29) is 17.1 Å². The van der Waals surface area contributed by atoms with E-state index in [1.807, 2.05) is 24.3 Å². The number of rotatable bonds is 0. The maximum Gasteiger partial charge on any atom is 2.00 e. The van der Waals surface area contributed by atoms with E-state index in [1.54, 1.807) is 27.7 Å². The fourth-order valence-corrected chi connectivity index (χ4v) is 0.